The van der Waals surface area contributed by atoms with E-state index in [1.165, 1.54) is 29.2 Å². The van der Waals surface area contributed by atoms with Gasteiger partial charge in [-0.05, 0) is 37.1 Å². The second-order valence-corrected chi connectivity index (χ2v) is 7.05. The molecule has 0 aliphatic heterocycles. The molecule has 1 aromatic heterocycles. The number of hydrogen-bond acceptors (Lipinski definition) is 6. The Morgan fingerprint density at radius 1 is 1.03 bits per heavy atom. The van der Waals surface area contributed by atoms with Crippen molar-refractivity contribution in [2.45, 2.75) is 32.8 Å². The summed E-state index contributed by atoms with van der Waals surface area (Å²) >= 11 is 0. The highest BCUT2D eigenvalue weighted by Crippen LogP contribution is 2.25. The van der Waals surface area contributed by atoms with Crippen molar-refractivity contribution in [3.63, 3.8) is 0 Å². The van der Waals surface area contributed by atoms with Crippen LogP contribution in [0.3, 0.4) is 0 Å². The zero-order chi connectivity index (χ0) is 23.7. The largest absolute Gasteiger partial charge is 0.444 e. The number of anilines is 1. The molecular formula is C24H26FN3O5. The standard InChI is InChI=1S/C24H26FN3O5/c1-3-32-24(33-4-2,14-18-10-12-20(25)13-11-18)28-17-26-15-21(22(28)29)27-23(30)31-16-19-8-6-5-7-9-19/h5-13,15,17H,3-4,14,16H2,1-2H3,(H,27,30). The maximum absolute atomic E-state index is 13.4. The Morgan fingerprint density at radius 2 is 1.70 bits per heavy atom. The summed E-state index contributed by atoms with van der Waals surface area (Å²) in [5.74, 6) is -1.92. The van der Waals surface area contributed by atoms with Gasteiger partial charge in [-0.3, -0.25) is 10.1 Å². The predicted molar refractivity (Wildman–Crippen MR) is 120 cm³/mol. The number of amides is 1. The van der Waals surface area contributed by atoms with Crippen LogP contribution in [0.5, 0.6) is 0 Å². The maximum atomic E-state index is 13.4. The molecule has 0 unspecified atom stereocenters. The fourth-order valence-electron chi connectivity index (χ4n) is 3.29. The Bertz CT molecular complexity index is 1100. The summed E-state index contributed by atoms with van der Waals surface area (Å²) < 4.78 is 31.5. The summed E-state index contributed by atoms with van der Waals surface area (Å²) in [6.45, 7) is 4.03. The molecule has 0 aliphatic carbocycles. The fraction of sp³-hybridized carbons (Fsp3) is 0.292. The Labute approximate surface area is 190 Å². The number of rotatable bonds is 10. The molecule has 3 rings (SSSR count). The van der Waals surface area contributed by atoms with Crippen molar-refractivity contribution in [2.75, 3.05) is 18.5 Å². The molecule has 1 heterocycles. The summed E-state index contributed by atoms with van der Waals surface area (Å²) in [4.78, 5) is 29.6. The smallest absolute Gasteiger partial charge is 0.412 e. The normalized spacial score (nSPS) is 11.2. The minimum atomic E-state index is -1.54. The molecule has 0 fully saturated rings. The molecule has 0 saturated carbocycles. The molecule has 3 aromatic rings. The molecular weight excluding hydrogens is 429 g/mol. The second kappa shape index (κ2) is 11.3. The Hall–Kier alpha value is -3.56. The number of carbonyl (C=O) groups excluding carboxylic acids is 1. The third-order valence-corrected chi connectivity index (χ3v) is 4.73. The lowest BCUT2D eigenvalue weighted by atomic mass is 10.1. The van der Waals surface area contributed by atoms with E-state index in [9.17, 15) is 14.0 Å². The van der Waals surface area contributed by atoms with Crippen LogP contribution in [0.4, 0.5) is 14.9 Å². The van der Waals surface area contributed by atoms with E-state index >= 15 is 0 Å². The van der Waals surface area contributed by atoms with Gasteiger partial charge in [-0.1, -0.05) is 42.5 Å². The number of aromatic nitrogens is 2. The first-order valence-electron chi connectivity index (χ1n) is 10.5. The van der Waals surface area contributed by atoms with E-state index in [-0.39, 0.29) is 37.7 Å². The lowest BCUT2D eigenvalue weighted by Gasteiger charge is -2.34. The summed E-state index contributed by atoms with van der Waals surface area (Å²) in [5.41, 5.74) is 0.803. The predicted octanol–water partition coefficient (Wildman–Crippen LogP) is 4.06. The summed E-state index contributed by atoms with van der Waals surface area (Å²) in [7, 11) is 0. The van der Waals surface area contributed by atoms with Gasteiger partial charge in [-0.15, -0.1) is 0 Å². The van der Waals surface area contributed by atoms with Crippen LogP contribution in [0.2, 0.25) is 0 Å². The van der Waals surface area contributed by atoms with Crippen LogP contribution in [0, 0.1) is 5.82 Å². The SMILES string of the molecule is CCOC(Cc1ccc(F)cc1)(OCC)n1cncc(NC(=O)OCc2ccccc2)c1=O. The van der Waals surface area contributed by atoms with Gasteiger partial charge in [0.05, 0.1) is 6.20 Å². The van der Waals surface area contributed by atoms with Gasteiger partial charge in [0.15, 0.2) is 0 Å². The third-order valence-electron chi connectivity index (χ3n) is 4.73. The number of nitrogens with zero attached hydrogens (tertiary/aromatic N) is 2. The van der Waals surface area contributed by atoms with Gasteiger partial charge in [-0.25, -0.2) is 18.7 Å². The molecule has 174 valence electrons. The van der Waals surface area contributed by atoms with E-state index in [2.05, 4.69) is 10.3 Å². The maximum Gasteiger partial charge on any atom is 0.412 e. The van der Waals surface area contributed by atoms with Gasteiger partial charge in [0.1, 0.15) is 24.4 Å². The van der Waals surface area contributed by atoms with Crippen LogP contribution in [-0.4, -0.2) is 28.9 Å². The highest BCUT2D eigenvalue weighted by Gasteiger charge is 2.36. The van der Waals surface area contributed by atoms with E-state index in [4.69, 9.17) is 14.2 Å². The number of ether oxygens (including phenoxy) is 3. The van der Waals surface area contributed by atoms with Crippen molar-refractivity contribution in [3.05, 3.63) is 94.4 Å². The molecule has 8 nitrogen and oxygen atoms in total. The third kappa shape index (κ3) is 6.24. The Balaban J connectivity index is 1.86. The molecule has 0 spiro atoms. The molecule has 0 aliphatic rings. The number of hydrogen-bond donors (Lipinski definition) is 1. The van der Waals surface area contributed by atoms with Crippen LogP contribution in [-0.2, 0) is 33.1 Å². The van der Waals surface area contributed by atoms with Crippen molar-refractivity contribution in [1.29, 1.82) is 0 Å². The van der Waals surface area contributed by atoms with Gasteiger partial charge >= 0.3 is 6.09 Å². The molecule has 9 heteroatoms. The van der Waals surface area contributed by atoms with Crippen LogP contribution in [0.1, 0.15) is 25.0 Å². The van der Waals surface area contributed by atoms with E-state index in [0.717, 1.165) is 5.56 Å². The fourth-order valence-corrected chi connectivity index (χ4v) is 3.29. The lowest BCUT2D eigenvalue weighted by molar-refractivity contribution is -0.292. The molecule has 1 N–H and O–H groups in total. The number of carbonyl (C=O) groups is 1. The van der Waals surface area contributed by atoms with E-state index < -0.39 is 17.6 Å². The van der Waals surface area contributed by atoms with Gasteiger partial charge in [0.2, 0.25) is 0 Å². The van der Waals surface area contributed by atoms with Crippen LogP contribution in [0.15, 0.2) is 71.9 Å². The first-order chi connectivity index (χ1) is 16.0. The van der Waals surface area contributed by atoms with Crippen LogP contribution >= 0.6 is 0 Å². The summed E-state index contributed by atoms with van der Waals surface area (Å²) in [6.07, 6.45) is 1.81. The second-order valence-electron chi connectivity index (χ2n) is 7.05. The number of benzene rings is 2. The van der Waals surface area contributed by atoms with Crippen molar-refractivity contribution in [1.82, 2.24) is 9.55 Å². The average molecular weight is 455 g/mol. The van der Waals surface area contributed by atoms with Crippen molar-refractivity contribution in [2.24, 2.45) is 0 Å². The minimum absolute atomic E-state index is 0.0491. The number of nitrogens with one attached hydrogen (secondary N) is 1. The molecule has 33 heavy (non-hydrogen) atoms. The zero-order valence-corrected chi connectivity index (χ0v) is 18.5. The first kappa shape index (κ1) is 24.1. The topological polar surface area (TPSA) is 91.7 Å². The molecule has 2 aromatic carbocycles. The number of halogens is 1. The first-order valence-corrected chi connectivity index (χ1v) is 10.5. The molecule has 0 bridgehead atoms. The molecule has 0 radical (unpaired) electrons. The molecule has 0 atom stereocenters. The van der Waals surface area contributed by atoms with Gasteiger partial charge < -0.3 is 14.2 Å². The van der Waals surface area contributed by atoms with Crippen molar-refractivity contribution < 1.29 is 23.4 Å². The van der Waals surface area contributed by atoms with Gasteiger partial charge in [-0.2, -0.15) is 0 Å². The van der Waals surface area contributed by atoms with E-state index in [0.29, 0.717) is 5.56 Å². The summed E-state index contributed by atoms with van der Waals surface area (Å²) in [6, 6.07) is 15.0. The van der Waals surface area contributed by atoms with Crippen molar-refractivity contribution in [3.8, 4) is 0 Å². The van der Waals surface area contributed by atoms with Crippen LogP contribution in [0.25, 0.3) is 0 Å². The summed E-state index contributed by atoms with van der Waals surface area (Å²) in [5, 5.41) is 2.43. The lowest BCUT2D eigenvalue weighted by Crippen LogP contribution is -2.48. The van der Waals surface area contributed by atoms with Crippen molar-refractivity contribution >= 4 is 11.8 Å². The Morgan fingerprint density at radius 3 is 2.33 bits per heavy atom. The van der Waals surface area contributed by atoms with Gasteiger partial charge in [0, 0.05) is 19.6 Å². The monoisotopic (exact) mass is 455 g/mol. The highest BCUT2D eigenvalue weighted by molar-refractivity contribution is 5.83. The van der Waals surface area contributed by atoms with E-state index in [1.807, 2.05) is 30.3 Å². The quantitative estimate of drug-likeness (QED) is 0.464. The molecule has 1 amide bonds. The minimum Gasteiger partial charge on any atom is -0.444 e. The molecule has 0 saturated heterocycles. The zero-order valence-electron chi connectivity index (χ0n) is 18.5. The average Bonchev–Trinajstić information content (AvgIpc) is 2.81. The van der Waals surface area contributed by atoms with Gasteiger partial charge in [0.25, 0.3) is 11.5 Å². The Kier molecular flexibility index (Phi) is 8.28. The van der Waals surface area contributed by atoms with E-state index in [1.54, 1.807) is 26.0 Å². The van der Waals surface area contributed by atoms with Crippen LogP contribution < -0.4 is 10.9 Å². The highest BCUT2D eigenvalue weighted by atomic mass is 19.1.